The molecule has 0 fully saturated rings. The SMILES string of the molecule is CCCNCCCc1nnc(-c2cc(Br)c(Br)s2)s1. The Morgan fingerprint density at radius 2 is 2.05 bits per heavy atom. The highest BCUT2D eigenvalue weighted by Gasteiger charge is 2.11. The van der Waals surface area contributed by atoms with Crippen molar-refractivity contribution in [1.82, 2.24) is 15.5 Å². The number of hydrogen-bond acceptors (Lipinski definition) is 5. The summed E-state index contributed by atoms with van der Waals surface area (Å²) in [6.45, 7) is 4.33. The Kier molecular flexibility index (Phi) is 6.41. The number of aromatic nitrogens is 2. The van der Waals surface area contributed by atoms with Crippen LogP contribution in [-0.2, 0) is 6.42 Å². The van der Waals surface area contributed by atoms with Crippen molar-refractivity contribution < 1.29 is 0 Å². The van der Waals surface area contributed by atoms with Crippen molar-refractivity contribution in [1.29, 1.82) is 0 Å². The Morgan fingerprint density at radius 3 is 2.74 bits per heavy atom. The van der Waals surface area contributed by atoms with Crippen molar-refractivity contribution in [2.45, 2.75) is 26.2 Å². The molecule has 2 aromatic heterocycles. The summed E-state index contributed by atoms with van der Waals surface area (Å²) < 4.78 is 2.18. The smallest absolute Gasteiger partial charge is 0.157 e. The summed E-state index contributed by atoms with van der Waals surface area (Å²) in [7, 11) is 0. The summed E-state index contributed by atoms with van der Waals surface area (Å²) in [6, 6.07) is 2.09. The molecule has 0 amide bonds. The normalized spacial score (nSPS) is 11.1. The molecule has 0 saturated heterocycles. The van der Waals surface area contributed by atoms with Gasteiger partial charge < -0.3 is 5.32 Å². The van der Waals surface area contributed by atoms with Gasteiger partial charge in [-0.1, -0.05) is 18.3 Å². The van der Waals surface area contributed by atoms with Crippen molar-refractivity contribution in [2.75, 3.05) is 13.1 Å². The van der Waals surface area contributed by atoms with Crippen LogP contribution in [0.1, 0.15) is 24.8 Å². The van der Waals surface area contributed by atoms with Gasteiger partial charge in [-0.25, -0.2) is 0 Å². The van der Waals surface area contributed by atoms with Gasteiger partial charge in [-0.15, -0.1) is 21.5 Å². The molecule has 2 heterocycles. The predicted octanol–water partition coefficient (Wildman–Crippen LogP) is 4.72. The van der Waals surface area contributed by atoms with Gasteiger partial charge in [0.15, 0.2) is 5.01 Å². The minimum atomic E-state index is 1.00. The molecule has 0 aliphatic carbocycles. The van der Waals surface area contributed by atoms with Gasteiger partial charge >= 0.3 is 0 Å². The lowest BCUT2D eigenvalue weighted by molar-refractivity contribution is 0.637. The monoisotopic (exact) mass is 423 g/mol. The molecule has 0 spiro atoms. The predicted molar refractivity (Wildman–Crippen MR) is 90.1 cm³/mol. The molecule has 3 nitrogen and oxygen atoms in total. The van der Waals surface area contributed by atoms with Gasteiger partial charge in [-0.3, -0.25) is 0 Å². The second-order valence-corrected chi connectivity index (χ2v) is 8.37. The van der Waals surface area contributed by atoms with Gasteiger partial charge in [0, 0.05) is 10.9 Å². The van der Waals surface area contributed by atoms with E-state index in [-0.39, 0.29) is 0 Å². The molecule has 0 atom stereocenters. The van der Waals surface area contributed by atoms with E-state index in [2.05, 4.69) is 60.4 Å². The molecular formula is C12H15Br2N3S2. The van der Waals surface area contributed by atoms with Crippen LogP contribution in [0.2, 0.25) is 0 Å². The van der Waals surface area contributed by atoms with Crippen molar-refractivity contribution in [3.63, 3.8) is 0 Å². The zero-order valence-electron chi connectivity index (χ0n) is 10.6. The summed E-state index contributed by atoms with van der Waals surface area (Å²) in [5.74, 6) is 0. The van der Waals surface area contributed by atoms with Crippen LogP contribution >= 0.6 is 54.5 Å². The Hall–Kier alpha value is 0.180. The van der Waals surface area contributed by atoms with E-state index in [9.17, 15) is 0 Å². The third-order valence-corrected chi connectivity index (χ3v) is 6.90. The number of halogens is 2. The number of nitrogens with zero attached hydrogens (tertiary/aromatic N) is 2. The van der Waals surface area contributed by atoms with Crippen LogP contribution in [0.15, 0.2) is 14.3 Å². The third kappa shape index (κ3) is 4.60. The number of thiophene rings is 1. The molecule has 0 aromatic carbocycles. The summed E-state index contributed by atoms with van der Waals surface area (Å²) in [5, 5.41) is 14.1. The van der Waals surface area contributed by atoms with Gasteiger partial charge in [0.2, 0.25) is 0 Å². The summed E-state index contributed by atoms with van der Waals surface area (Å²) >= 11 is 10.4. The first-order valence-corrected chi connectivity index (χ1v) is 9.41. The van der Waals surface area contributed by atoms with E-state index < -0.39 is 0 Å². The van der Waals surface area contributed by atoms with Gasteiger partial charge in [0.05, 0.1) is 8.66 Å². The van der Waals surface area contributed by atoms with E-state index in [4.69, 9.17) is 0 Å². The molecule has 7 heteroatoms. The average molecular weight is 425 g/mol. The average Bonchev–Trinajstić information content (AvgIpc) is 2.97. The molecule has 0 unspecified atom stereocenters. The minimum Gasteiger partial charge on any atom is -0.317 e. The van der Waals surface area contributed by atoms with Crippen molar-refractivity contribution in [3.8, 4) is 9.88 Å². The van der Waals surface area contributed by atoms with E-state index in [1.165, 1.54) is 6.42 Å². The largest absolute Gasteiger partial charge is 0.317 e. The fraction of sp³-hybridized carbons (Fsp3) is 0.500. The molecule has 1 N–H and O–H groups in total. The second kappa shape index (κ2) is 7.83. The first kappa shape index (κ1) is 15.6. The minimum absolute atomic E-state index is 1.00. The molecule has 0 radical (unpaired) electrons. The standard InChI is InChI=1S/C12H15Br2N3S2/c1-2-5-15-6-3-4-10-16-17-12(19-10)9-7-8(13)11(14)18-9/h7,15H,2-6H2,1H3. The lowest BCUT2D eigenvalue weighted by atomic mass is 10.3. The van der Waals surface area contributed by atoms with Gasteiger partial charge in [0.1, 0.15) is 5.01 Å². The highest BCUT2D eigenvalue weighted by atomic mass is 79.9. The van der Waals surface area contributed by atoms with E-state index in [0.717, 1.165) is 49.1 Å². The molecular weight excluding hydrogens is 410 g/mol. The maximum absolute atomic E-state index is 4.27. The van der Waals surface area contributed by atoms with Gasteiger partial charge in [0.25, 0.3) is 0 Å². The fourth-order valence-corrected chi connectivity index (χ4v) is 4.53. The van der Waals surface area contributed by atoms with Crippen LogP contribution in [-0.4, -0.2) is 23.3 Å². The van der Waals surface area contributed by atoms with Crippen LogP contribution in [0.3, 0.4) is 0 Å². The lowest BCUT2D eigenvalue weighted by Gasteiger charge is -1.99. The van der Waals surface area contributed by atoms with Crippen LogP contribution in [0, 0.1) is 0 Å². The van der Waals surface area contributed by atoms with Crippen LogP contribution < -0.4 is 5.32 Å². The van der Waals surface area contributed by atoms with Crippen LogP contribution in [0.5, 0.6) is 0 Å². The molecule has 2 aromatic rings. The maximum Gasteiger partial charge on any atom is 0.157 e. The van der Waals surface area contributed by atoms with Crippen molar-refractivity contribution >= 4 is 54.5 Å². The first-order valence-electron chi connectivity index (χ1n) is 6.19. The Labute approximate surface area is 138 Å². The molecule has 0 aliphatic rings. The summed E-state index contributed by atoms with van der Waals surface area (Å²) in [5.41, 5.74) is 0. The molecule has 0 aliphatic heterocycles. The number of rotatable bonds is 7. The topological polar surface area (TPSA) is 37.8 Å². The van der Waals surface area contributed by atoms with E-state index in [0.29, 0.717) is 0 Å². The zero-order chi connectivity index (χ0) is 13.7. The quantitative estimate of drug-likeness (QED) is 0.653. The van der Waals surface area contributed by atoms with E-state index >= 15 is 0 Å². The van der Waals surface area contributed by atoms with Crippen molar-refractivity contribution in [2.24, 2.45) is 0 Å². The molecule has 104 valence electrons. The van der Waals surface area contributed by atoms with E-state index in [1.54, 1.807) is 22.7 Å². The first-order chi connectivity index (χ1) is 9.20. The Balaban J connectivity index is 1.88. The second-order valence-electron chi connectivity index (χ2n) is 4.09. The van der Waals surface area contributed by atoms with Crippen molar-refractivity contribution in [3.05, 3.63) is 19.3 Å². The number of nitrogens with one attached hydrogen (secondary N) is 1. The highest BCUT2D eigenvalue weighted by Crippen LogP contribution is 2.39. The zero-order valence-corrected chi connectivity index (χ0v) is 15.4. The summed E-state index contributed by atoms with van der Waals surface area (Å²) in [6.07, 6.45) is 3.31. The summed E-state index contributed by atoms with van der Waals surface area (Å²) in [4.78, 5) is 1.16. The number of hydrogen-bond donors (Lipinski definition) is 1. The highest BCUT2D eigenvalue weighted by molar-refractivity contribution is 9.13. The molecule has 0 saturated carbocycles. The Morgan fingerprint density at radius 1 is 1.21 bits per heavy atom. The molecule has 2 rings (SSSR count). The van der Waals surface area contributed by atoms with Gasteiger partial charge in [-0.2, -0.15) is 0 Å². The molecule has 19 heavy (non-hydrogen) atoms. The van der Waals surface area contributed by atoms with E-state index in [1.807, 2.05) is 0 Å². The fourth-order valence-electron chi connectivity index (χ4n) is 1.57. The lowest BCUT2D eigenvalue weighted by Crippen LogP contribution is -2.16. The Bertz CT molecular complexity index is 505. The third-order valence-electron chi connectivity index (χ3n) is 2.49. The number of aryl methyl sites for hydroxylation is 1. The molecule has 0 bridgehead atoms. The van der Waals surface area contributed by atoms with Crippen LogP contribution in [0.4, 0.5) is 0 Å². The van der Waals surface area contributed by atoms with Crippen LogP contribution in [0.25, 0.3) is 9.88 Å². The van der Waals surface area contributed by atoms with Gasteiger partial charge in [-0.05, 0) is 63.9 Å². The maximum atomic E-state index is 4.27.